The number of carbonyl (C=O) groups is 4. The number of ketones is 1. The van der Waals surface area contributed by atoms with Crippen molar-refractivity contribution in [1.82, 2.24) is 0 Å². The third kappa shape index (κ3) is 18.7. The first-order chi connectivity index (χ1) is 39.8. The number of carboxylic acids is 1. The fourth-order valence-corrected chi connectivity index (χ4v) is 23.6. The lowest BCUT2D eigenvalue weighted by molar-refractivity contribution is -0.358. The van der Waals surface area contributed by atoms with Crippen LogP contribution in [0.5, 0.6) is 0 Å². The van der Waals surface area contributed by atoms with E-state index >= 15 is 4.79 Å². The highest BCUT2D eigenvalue weighted by Crippen LogP contribution is 2.51. The van der Waals surface area contributed by atoms with Crippen molar-refractivity contribution in [1.29, 1.82) is 0 Å². The van der Waals surface area contributed by atoms with E-state index in [0.717, 1.165) is 52.2 Å². The van der Waals surface area contributed by atoms with Crippen molar-refractivity contribution < 1.29 is 66.4 Å². The summed E-state index contributed by atoms with van der Waals surface area (Å²) in [6, 6.07) is 25.9. The summed E-state index contributed by atoms with van der Waals surface area (Å²) in [7, 11) is -6.13. The molecule has 0 radical (unpaired) electrons. The van der Waals surface area contributed by atoms with Gasteiger partial charge < -0.3 is 47.2 Å². The van der Waals surface area contributed by atoms with Gasteiger partial charge >= 0.3 is 17.9 Å². The van der Waals surface area contributed by atoms with Gasteiger partial charge in [-0.2, -0.15) is 0 Å². The summed E-state index contributed by atoms with van der Waals surface area (Å²) in [5.74, 6) is -3.82. The smallest absolute Gasteiger partial charge is 0.305 e. The zero-order chi connectivity index (χ0) is 63.8. The standard InChI is InChI=1S/C68H108O14Si3/c1-20-33-52(42-55(44-60(71)49(9)80-83(21-2,22-3)23-4)82-85(65(12,13)14,58-34-29-27-30-35-58)59-36-31-28-32-37-59)63(77-51(11)70)64(74)66(15,16)39-38-53-40-48(8)41-57(78-53)47-68(75-19)67(17,18)61(76-50(10)69)45-54(79-68)43-56(46-62(72)73)81-84(24-5,25-6)26-7/h20,27-39,49,53-57,60-61,63,71H,1,8,21-26,40-47H2,2-7,9-19H3,(H,72,73)/b39-38+,52-33+/t49-,53+,54-,55+,56-,57+,60-,61+,63+,68+/m1/s1. The molecule has 2 heterocycles. The number of ether oxygens (including phenoxy) is 5. The van der Waals surface area contributed by atoms with Gasteiger partial charge in [-0.1, -0.05) is 180 Å². The number of methoxy groups -OCH3 is 1. The highest BCUT2D eigenvalue weighted by Gasteiger charge is 2.60. The number of aliphatic hydroxyl groups excluding tert-OH is 1. The maximum atomic E-state index is 15.4. The van der Waals surface area contributed by atoms with E-state index in [9.17, 15) is 24.6 Å². The van der Waals surface area contributed by atoms with Crippen LogP contribution in [-0.4, -0.2) is 127 Å². The number of esters is 2. The minimum atomic E-state index is -3.29. The molecule has 10 atom stereocenters. The zero-order valence-electron chi connectivity index (χ0n) is 54.9. The van der Waals surface area contributed by atoms with E-state index < -0.39 is 119 Å². The maximum absolute atomic E-state index is 15.4. The van der Waals surface area contributed by atoms with Crippen molar-refractivity contribution in [3.8, 4) is 0 Å². The first-order valence-electron chi connectivity index (χ1n) is 31.3. The molecule has 17 heteroatoms. The lowest BCUT2D eigenvalue weighted by atomic mass is 9.70. The molecule has 2 aliphatic heterocycles. The van der Waals surface area contributed by atoms with Crippen molar-refractivity contribution in [3.63, 3.8) is 0 Å². The summed E-state index contributed by atoms with van der Waals surface area (Å²) in [5.41, 5.74) is -0.770. The Balaban J connectivity index is 1.75. The summed E-state index contributed by atoms with van der Waals surface area (Å²) in [6.45, 7) is 40.0. The number of allylic oxidation sites excluding steroid dienone is 3. The van der Waals surface area contributed by atoms with E-state index in [1.165, 1.54) is 13.8 Å². The maximum Gasteiger partial charge on any atom is 0.305 e. The fourth-order valence-electron chi connectivity index (χ4n) is 13.0. The van der Waals surface area contributed by atoms with E-state index in [2.05, 4.69) is 99.7 Å². The number of hydrogen-bond donors (Lipinski definition) is 2. The minimum Gasteiger partial charge on any atom is -0.481 e. The number of aliphatic carboxylic acids is 1. The van der Waals surface area contributed by atoms with E-state index in [0.29, 0.717) is 24.8 Å². The Kier molecular flexibility index (Phi) is 27.5. The van der Waals surface area contributed by atoms with Crippen molar-refractivity contribution in [2.75, 3.05) is 7.11 Å². The van der Waals surface area contributed by atoms with Crippen LogP contribution in [0, 0.1) is 10.8 Å². The summed E-state index contributed by atoms with van der Waals surface area (Å²) >= 11 is 0. The van der Waals surface area contributed by atoms with Crippen molar-refractivity contribution in [2.24, 2.45) is 10.8 Å². The Hall–Kier alpha value is -4.15. The molecule has 0 spiro atoms. The molecule has 2 aromatic rings. The molecule has 0 aromatic heterocycles. The van der Waals surface area contributed by atoms with Gasteiger partial charge in [-0.15, -0.1) is 0 Å². The summed E-state index contributed by atoms with van der Waals surface area (Å²) in [6.07, 6.45) is 2.33. The molecule has 476 valence electrons. The quantitative estimate of drug-likeness (QED) is 0.0292. The third-order valence-electron chi connectivity index (χ3n) is 18.6. The van der Waals surface area contributed by atoms with Crippen LogP contribution in [0.2, 0.25) is 41.3 Å². The monoisotopic (exact) mass is 1230 g/mol. The van der Waals surface area contributed by atoms with E-state index in [4.69, 9.17) is 37.0 Å². The van der Waals surface area contributed by atoms with Crippen LogP contribution < -0.4 is 10.4 Å². The molecule has 0 unspecified atom stereocenters. The largest absolute Gasteiger partial charge is 0.481 e. The highest BCUT2D eigenvalue weighted by atomic mass is 28.4. The van der Waals surface area contributed by atoms with Crippen molar-refractivity contribution in [3.05, 3.63) is 109 Å². The van der Waals surface area contributed by atoms with Gasteiger partial charge in [0.15, 0.2) is 34.3 Å². The Labute approximate surface area is 514 Å². The lowest BCUT2D eigenvalue weighted by Gasteiger charge is -2.55. The molecule has 0 bridgehead atoms. The average molecular weight is 1230 g/mol. The van der Waals surface area contributed by atoms with Crippen LogP contribution in [-0.2, 0) is 56.1 Å². The molecule has 85 heavy (non-hydrogen) atoms. The molecule has 14 nitrogen and oxygen atoms in total. The van der Waals surface area contributed by atoms with Crippen LogP contribution in [0.25, 0.3) is 0 Å². The molecule has 0 amide bonds. The van der Waals surface area contributed by atoms with Crippen molar-refractivity contribution >= 4 is 59.0 Å². The van der Waals surface area contributed by atoms with Gasteiger partial charge in [-0.3, -0.25) is 19.2 Å². The summed E-state index contributed by atoms with van der Waals surface area (Å²) in [4.78, 5) is 53.8. The number of aliphatic hydroxyl groups is 1. The number of carbonyl (C=O) groups excluding carboxylic acids is 3. The second kappa shape index (κ2) is 31.8. The minimum absolute atomic E-state index is 0.111. The normalized spacial score (nSPS) is 22.7. The first-order valence-corrected chi connectivity index (χ1v) is 38.3. The predicted molar refractivity (Wildman–Crippen MR) is 346 cm³/mol. The SMILES string of the molecule is C=C/C=C(\C[C@@H](C[C@@H](O)[C@@H](C)O[Si](CC)(CC)CC)O[Si](c1ccccc1)(c1ccccc1)C(C)(C)C)[C@H](OC(C)=O)C(=O)C(C)(C)/C=C/[C@H]1CC(=C)C[C@@H](C[C@]2(OC)O[C@H](C[C@H](CC(=O)O)O[Si](CC)(CC)CC)C[C@H](OC(C)=O)C2(C)C)O1. The molecule has 2 aromatic carbocycles. The van der Waals surface area contributed by atoms with Crippen molar-refractivity contribution in [2.45, 2.75) is 264 Å². The average Bonchev–Trinajstić information content (AvgIpc) is 1.03. The first kappa shape index (κ1) is 73.3. The van der Waals surface area contributed by atoms with Crippen LogP contribution in [0.15, 0.2) is 109 Å². The molecule has 2 saturated heterocycles. The Bertz CT molecular complexity index is 2500. The van der Waals surface area contributed by atoms with Gasteiger partial charge in [-0.05, 0) is 104 Å². The fraction of sp³-hybridized carbons (Fsp3) is 0.647. The zero-order valence-corrected chi connectivity index (χ0v) is 57.9. The van der Waals surface area contributed by atoms with Crippen LogP contribution in [0.4, 0.5) is 0 Å². The van der Waals surface area contributed by atoms with Crippen LogP contribution in [0.1, 0.15) is 162 Å². The molecule has 2 N–H and O–H groups in total. The number of rotatable bonds is 34. The molecule has 0 saturated carbocycles. The van der Waals surface area contributed by atoms with Gasteiger partial charge in [-0.25, -0.2) is 0 Å². The van der Waals surface area contributed by atoms with Gasteiger partial charge in [0, 0.05) is 45.6 Å². The van der Waals surface area contributed by atoms with Gasteiger partial charge in [0.05, 0.1) is 54.6 Å². The van der Waals surface area contributed by atoms with Crippen LogP contribution in [0.3, 0.4) is 0 Å². The predicted octanol–water partition coefficient (Wildman–Crippen LogP) is 13.5. The molecular weight excluding hydrogens is 1120 g/mol. The molecular formula is C68H108O14Si3. The molecule has 0 aliphatic carbocycles. The summed E-state index contributed by atoms with van der Waals surface area (Å²) in [5, 5.41) is 24.1. The Morgan fingerprint density at radius 3 is 1.79 bits per heavy atom. The highest BCUT2D eigenvalue weighted by molar-refractivity contribution is 6.99. The summed E-state index contributed by atoms with van der Waals surface area (Å²) < 4.78 is 54.1. The number of hydrogen-bond acceptors (Lipinski definition) is 13. The van der Waals surface area contributed by atoms with Gasteiger partial charge in [0.2, 0.25) is 0 Å². The van der Waals surface area contributed by atoms with Crippen LogP contribution >= 0.6 is 0 Å². The molecule has 4 rings (SSSR count). The lowest BCUT2D eigenvalue weighted by Crippen LogP contribution is -2.68. The van der Waals surface area contributed by atoms with E-state index in [-0.39, 0.29) is 37.9 Å². The Morgan fingerprint density at radius 2 is 1.32 bits per heavy atom. The topological polar surface area (TPSA) is 183 Å². The molecule has 2 fully saturated rings. The second-order valence-corrected chi connectivity index (χ2v) is 39.8. The molecule has 2 aliphatic rings. The van der Waals surface area contributed by atoms with E-state index in [1.54, 1.807) is 39.2 Å². The van der Waals surface area contributed by atoms with Gasteiger partial charge in [0.1, 0.15) is 6.10 Å². The van der Waals surface area contributed by atoms with Gasteiger partial charge in [0.25, 0.3) is 8.32 Å². The number of Topliss-reactive ketones (excluding diaryl/α,β-unsaturated/α-hetero) is 1. The van der Waals surface area contributed by atoms with E-state index in [1.807, 2.05) is 63.2 Å². The number of carboxylic acid groups (broad SMARTS) is 1. The third-order valence-corrected chi connectivity index (χ3v) is 33.1. The number of benzene rings is 2. The Morgan fingerprint density at radius 1 is 0.776 bits per heavy atom. The second-order valence-electron chi connectivity index (χ2n) is 26.1.